The third-order valence-electron chi connectivity index (χ3n) is 4.84. The molecule has 0 aromatic carbocycles. The summed E-state index contributed by atoms with van der Waals surface area (Å²) in [5, 5.41) is 9.15. The van der Waals surface area contributed by atoms with Crippen molar-refractivity contribution in [2.24, 2.45) is 16.8 Å². The first-order chi connectivity index (χ1) is 11.0. The van der Waals surface area contributed by atoms with Crippen molar-refractivity contribution in [2.45, 2.75) is 45.6 Å². The Morgan fingerprint density at radius 1 is 1.29 bits per heavy atom. The van der Waals surface area contributed by atoms with Gasteiger partial charge in [0, 0.05) is 26.2 Å². The van der Waals surface area contributed by atoms with Crippen LogP contribution in [-0.2, 0) is 4.79 Å². The first kappa shape index (κ1) is 21.0. The highest BCUT2D eigenvalue weighted by molar-refractivity contribution is 14.0. The van der Waals surface area contributed by atoms with Crippen LogP contribution in [0.2, 0.25) is 0 Å². The van der Waals surface area contributed by atoms with Gasteiger partial charge in [0.2, 0.25) is 5.91 Å². The molecule has 2 aliphatic rings. The van der Waals surface area contributed by atoms with Crippen molar-refractivity contribution >= 4 is 41.9 Å². The zero-order chi connectivity index (χ0) is 16.8. The zero-order valence-corrected chi connectivity index (χ0v) is 17.1. The number of nitrogens with one attached hydrogen (secondary N) is 3. The lowest BCUT2D eigenvalue weighted by Crippen LogP contribution is -2.47. The van der Waals surface area contributed by atoms with Crippen molar-refractivity contribution < 1.29 is 9.59 Å². The predicted molar refractivity (Wildman–Crippen MR) is 106 cm³/mol. The van der Waals surface area contributed by atoms with E-state index in [2.05, 4.69) is 34.8 Å². The third kappa shape index (κ3) is 5.78. The van der Waals surface area contributed by atoms with Crippen molar-refractivity contribution in [2.75, 3.05) is 26.7 Å². The van der Waals surface area contributed by atoms with E-state index in [1.165, 1.54) is 17.7 Å². The molecule has 3 N–H and O–H groups in total. The second kappa shape index (κ2) is 10.0. The summed E-state index contributed by atoms with van der Waals surface area (Å²) in [6, 6.07) is 0.139. The van der Waals surface area contributed by atoms with Crippen molar-refractivity contribution in [3.8, 4) is 0 Å². The lowest BCUT2D eigenvalue weighted by Gasteiger charge is -2.32. The van der Waals surface area contributed by atoms with Crippen molar-refractivity contribution in [1.29, 1.82) is 0 Å². The van der Waals surface area contributed by atoms with Gasteiger partial charge >= 0.3 is 6.03 Å². The smallest absolute Gasteiger partial charge is 0.324 e. The maximum Gasteiger partial charge on any atom is 0.324 e. The second-order valence-electron chi connectivity index (χ2n) is 6.70. The van der Waals surface area contributed by atoms with Gasteiger partial charge in [-0.2, -0.15) is 0 Å². The van der Waals surface area contributed by atoms with Gasteiger partial charge in [0.25, 0.3) is 0 Å². The van der Waals surface area contributed by atoms with E-state index in [0.717, 1.165) is 30.6 Å². The summed E-state index contributed by atoms with van der Waals surface area (Å²) in [5.41, 5.74) is 0. The van der Waals surface area contributed by atoms with Crippen LogP contribution in [0.1, 0.15) is 39.5 Å². The van der Waals surface area contributed by atoms with Crippen LogP contribution >= 0.6 is 24.0 Å². The first-order valence-corrected chi connectivity index (χ1v) is 8.56. The molecule has 24 heavy (non-hydrogen) atoms. The van der Waals surface area contributed by atoms with E-state index in [1.807, 2.05) is 0 Å². The molecule has 0 radical (unpaired) electrons. The minimum atomic E-state index is -0.313. The van der Waals surface area contributed by atoms with Gasteiger partial charge in [0.1, 0.15) is 0 Å². The summed E-state index contributed by atoms with van der Waals surface area (Å²) in [6.45, 7) is 5.56. The molecule has 0 bridgehead atoms. The monoisotopic (exact) mass is 451 g/mol. The molecular weight excluding hydrogens is 421 g/mol. The van der Waals surface area contributed by atoms with Gasteiger partial charge in [0.05, 0.1) is 6.54 Å². The molecule has 0 spiro atoms. The highest BCUT2D eigenvalue weighted by atomic mass is 127. The van der Waals surface area contributed by atoms with Crippen LogP contribution in [0.15, 0.2) is 4.99 Å². The molecule has 138 valence electrons. The van der Waals surface area contributed by atoms with Gasteiger partial charge in [-0.15, -0.1) is 24.0 Å². The Hall–Kier alpha value is -1.06. The van der Waals surface area contributed by atoms with E-state index in [4.69, 9.17) is 0 Å². The standard InChI is InChI=1S/C16H29N5O2.HI/c1-11(2)12-4-6-13(7-5-12)20-15(17-3)18-8-9-21-14(22)10-19-16(21)23;/h11-13H,4-10H2,1-3H3,(H,19,23)(H2,17,18,20);1H. The number of hydrogen-bond acceptors (Lipinski definition) is 3. The fourth-order valence-corrected chi connectivity index (χ4v) is 3.29. The van der Waals surface area contributed by atoms with Gasteiger partial charge in [-0.3, -0.25) is 14.7 Å². The van der Waals surface area contributed by atoms with Crippen LogP contribution in [0.5, 0.6) is 0 Å². The number of carbonyl (C=O) groups excluding carboxylic acids is 2. The van der Waals surface area contributed by atoms with Crippen LogP contribution in [-0.4, -0.2) is 55.5 Å². The molecule has 0 atom stereocenters. The highest BCUT2D eigenvalue weighted by Crippen LogP contribution is 2.29. The highest BCUT2D eigenvalue weighted by Gasteiger charge is 2.28. The molecule has 7 nitrogen and oxygen atoms in total. The van der Waals surface area contributed by atoms with E-state index in [-0.39, 0.29) is 42.5 Å². The molecule has 1 saturated heterocycles. The molecule has 8 heteroatoms. The average molecular weight is 451 g/mol. The predicted octanol–water partition coefficient (Wildman–Crippen LogP) is 1.54. The normalized spacial score (nSPS) is 24.7. The minimum Gasteiger partial charge on any atom is -0.355 e. The number of guanidine groups is 1. The summed E-state index contributed by atoms with van der Waals surface area (Å²) in [7, 11) is 1.74. The molecule has 0 aromatic heterocycles. The zero-order valence-electron chi connectivity index (χ0n) is 14.8. The number of hydrogen-bond donors (Lipinski definition) is 3. The van der Waals surface area contributed by atoms with E-state index in [9.17, 15) is 9.59 Å². The average Bonchev–Trinajstić information content (AvgIpc) is 2.86. The number of urea groups is 1. The van der Waals surface area contributed by atoms with Crippen molar-refractivity contribution in [3.05, 3.63) is 0 Å². The molecule has 1 aliphatic carbocycles. The van der Waals surface area contributed by atoms with Gasteiger partial charge in [0.15, 0.2) is 5.96 Å². The molecule has 1 saturated carbocycles. The summed E-state index contributed by atoms with van der Waals surface area (Å²) in [6.07, 6.45) is 4.84. The molecule has 1 heterocycles. The second-order valence-corrected chi connectivity index (χ2v) is 6.70. The Kier molecular flexibility index (Phi) is 8.79. The van der Waals surface area contributed by atoms with Crippen LogP contribution in [0.3, 0.4) is 0 Å². The maximum atomic E-state index is 11.5. The fourth-order valence-electron chi connectivity index (χ4n) is 3.29. The van der Waals surface area contributed by atoms with Crippen LogP contribution in [0, 0.1) is 11.8 Å². The van der Waals surface area contributed by atoms with Gasteiger partial charge in [-0.1, -0.05) is 13.8 Å². The Bertz CT molecular complexity index is 445. The van der Waals surface area contributed by atoms with Crippen molar-refractivity contribution in [1.82, 2.24) is 20.9 Å². The molecule has 2 rings (SSSR count). The van der Waals surface area contributed by atoms with Gasteiger partial charge in [-0.05, 0) is 37.5 Å². The van der Waals surface area contributed by atoms with Gasteiger partial charge in [-0.25, -0.2) is 4.79 Å². The summed E-state index contributed by atoms with van der Waals surface area (Å²) < 4.78 is 0. The first-order valence-electron chi connectivity index (χ1n) is 8.56. The third-order valence-corrected chi connectivity index (χ3v) is 4.84. The van der Waals surface area contributed by atoms with Crippen LogP contribution < -0.4 is 16.0 Å². The Balaban J connectivity index is 0.00000288. The summed E-state index contributed by atoms with van der Waals surface area (Å²) in [4.78, 5) is 28.4. The van der Waals surface area contributed by atoms with E-state index >= 15 is 0 Å². The minimum absolute atomic E-state index is 0. The Morgan fingerprint density at radius 3 is 2.46 bits per heavy atom. The van der Waals surface area contributed by atoms with Crippen LogP contribution in [0.4, 0.5) is 4.79 Å². The number of nitrogens with zero attached hydrogens (tertiary/aromatic N) is 2. The molecule has 0 unspecified atom stereocenters. The fraction of sp³-hybridized carbons (Fsp3) is 0.812. The number of aliphatic imine (C=N–C) groups is 1. The van der Waals surface area contributed by atoms with Crippen molar-refractivity contribution in [3.63, 3.8) is 0 Å². The number of amides is 3. The Morgan fingerprint density at radius 2 is 1.96 bits per heavy atom. The van der Waals surface area contributed by atoms with Crippen LogP contribution in [0.25, 0.3) is 0 Å². The SMILES string of the molecule is CN=C(NCCN1C(=O)CNC1=O)NC1CCC(C(C)C)CC1.I. The summed E-state index contributed by atoms with van der Waals surface area (Å²) >= 11 is 0. The van der Waals surface area contributed by atoms with E-state index in [1.54, 1.807) is 7.05 Å². The Labute approximate surface area is 161 Å². The quantitative estimate of drug-likeness (QED) is 0.256. The molecule has 3 amide bonds. The van der Waals surface area contributed by atoms with E-state index < -0.39 is 0 Å². The molecular formula is C16H30IN5O2. The lowest BCUT2D eigenvalue weighted by molar-refractivity contribution is -0.124. The largest absolute Gasteiger partial charge is 0.355 e. The summed E-state index contributed by atoms with van der Waals surface area (Å²) in [5.74, 6) is 2.16. The topological polar surface area (TPSA) is 85.8 Å². The van der Waals surface area contributed by atoms with Gasteiger partial charge < -0.3 is 16.0 Å². The maximum absolute atomic E-state index is 11.5. The molecule has 0 aromatic rings. The number of imide groups is 1. The number of rotatable bonds is 5. The lowest BCUT2D eigenvalue weighted by atomic mass is 9.80. The molecule has 2 fully saturated rings. The number of halogens is 1. The van der Waals surface area contributed by atoms with E-state index in [0.29, 0.717) is 19.1 Å². The molecule has 1 aliphatic heterocycles. The number of carbonyl (C=O) groups is 2.